The Kier molecular flexibility index (Phi) is 6.10. The zero-order valence-electron chi connectivity index (χ0n) is 16.9. The quantitative estimate of drug-likeness (QED) is 0.779. The van der Waals surface area contributed by atoms with E-state index in [-0.39, 0.29) is 5.48 Å². The van der Waals surface area contributed by atoms with E-state index in [9.17, 15) is 0 Å². The third-order valence-corrected chi connectivity index (χ3v) is 6.23. The monoisotopic (exact) mass is 386 g/mol. The van der Waals surface area contributed by atoms with Crippen molar-refractivity contribution in [2.24, 2.45) is 0 Å². The summed E-state index contributed by atoms with van der Waals surface area (Å²) in [4.78, 5) is 5.29. The molecule has 4 aliphatic rings. The van der Waals surface area contributed by atoms with Crippen molar-refractivity contribution in [1.82, 2.24) is 9.80 Å². The fraction of sp³-hybridized carbons (Fsp3) is 0.308. The maximum absolute atomic E-state index is 2.69. The zero-order chi connectivity index (χ0) is 18.8. The maximum Gasteiger partial charge on any atom is 0.0614 e. The Bertz CT molecular complexity index is 924. The molecule has 0 radical (unpaired) electrons. The molecule has 0 spiro atoms. The summed E-state index contributed by atoms with van der Waals surface area (Å²) in [6, 6.07) is 9.40. The second-order valence-electron chi connectivity index (χ2n) is 8.02. The molecule has 0 bridgehead atoms. The van der Waals surface area contributed by atoms with Gasteiger partial charge in [-0.1, -0.05) is 78.9 Å². The smallest absolute Gasteiger partial charge is 0.0614 e. The van der Waals surface area contributed by atoms with Crippen molar-refractivity contribution in [3.8, 4) is 0 Å². The van der Waals surface area contributed by atoms with Crippen LogP contribution in [0.5, 0.6) is 0 Å². The van der Waals surface area contributed by atoms with Gasteiger partial charge in [-0.15, -0.1) is 0 Å². The van der Waals surface area contributed by atoms with Crippen molar-refractivity contribution in [3.05, 3.63) is 101 Å². The van der Waals surface area contributed by atoms with Gasteiger partial charge in [-0.2, -0.15) is 0 Å². The normalized spacial score (nSPS) is 23.9. The number of allylic oxidation sites excluding steroid dienone is 8. The lowest BCUT2D eigenvalue weighted by Gasteiger charge is -2.39. The first-order valence-electron chi connectivity index (χ1n) is 10.6. The van der Waals surface area contributed by atoms with Gasteiger partial charge in [0.2, 0.25) is 0 Å². The molecular formula is C26H30N2O. The number of rotatable bonds is 3. The number of benzene rings is 1. The molecule has 0 amide bonds. The number of fused-ring (bicyclic) bond motifs is 2. The highest BCUT2D eigenvalue weighted by atomic mass is 16.0. The van der Waals surface area contributed by atoms with Crippen molar-refractivity contribution in [1.29, 1.82) is 0 Å². The van der Waals surface area contributed by atoms with E-state index in [4.69, 9.17) is 0 Å². The van der Waals surface area contributed by atoms with Gasteiger partial charge in [0.15, 0.2) is 0 Å². The van der Waals surface area contributed by atoms with Crippen LogP contribution >= 0.6 is 0 Å². The number of piperazine rings is 1. The Balaban J connectivity index is 0.00000205. The predicted molar refractivity (Wildman–Crippen MR) is 122 cm³/mol. The van der Waals surface area contributed by atoms with Crippen LogP contribution in [0.25, 0.3) is 5.57 Å². The average Bonchev–Trinajstić information content (AvgIpc) is 2.96. The molecule has 5 rings (SSSR count). The van der Waals surface area contributed by atoms with Gasteiger partial charge in [-0.25, -0.2) is 0 Å². The molecule has 3 aliphatic carbocycles. The molecular weight excluding hydrogens is 356 g/mol. The first-order chi connectivity index (χ1) is 13.9. The van der Waals surface area contributed by atoms with Gasteiger partial charge in [0.1, 0.15) is 0 Å². The van der Waals surface area contributed by atoms with E-state index in [2.05, 4.69) is 88.7 Å². The van der Waals surface area contributed by atoms with Gasteiger partial charge in [0.25, 0.3) is 0 Å². The molecule has 1 aromatic rings. The first kappa shape index (κ1) is 19.8. The van der Waals surface area contributed by atoms with Crippen molar-refractivity contribution in [2.45, 2.75) is 18.9 Å². The van der Waals surface area contributed by atoms with Crippen LogP contribution < -0.4 is 0 Å². The molecule has 1 unspecified atom stereocenters. The first-order valence-corrected chi connectivity index (χ1v) is 10.6. The summed E-state index contributed by atoms with van der Waals surface area (Å²) in [5, 5.41) is 0. The molecule has 1 aromatic carbocycles. The van der Waals surface area contributed by atoms with E-state index in [0.29, 0.717) is 6.04 Å². The van der Waals surface area contributed by atoms with E-state index in [1.54, 1.807) is 0 Å². The van der Waals surface area contributed by atoms with Crippen LogP contribution in [-0.2, 0) is 0 Å². The molecule has 1 heterocycles. The highest BCUT2D eigenvalue weighted by Gasteiger charge is 2.34. The minimum absolute atomic E-state index is 0. The Morgan fingerprint density at radius 3 is 2.48 bits per heavy atom. The fourth-order valence-corrected chi connectivity index (χ4v) is 4.84. The zero-order valence-corrected chi connectivity index (χ0v) is 16.9. The Morgan fingerprint density at radius 2 is 1.59 bits per heavy atom. The van der Waals surface area contributed by atoms with E-state index >= 15 is 0 Å². The van der Waals surface area contributed by atoms with Gasteiger partial charge in [-0.3, -0.25) is 9.80 Å². The molecule has 1 atom stereocenters. The van der Waals surface area contributed by atoms with E-state index < -0.39 is 0 Å². The van der Waals surface area contributed by atoms with Crippen LogP contribution in [0.2, 0.25) is 0 Å². The number of hydrogen-bond acceptors (Lipinski definition) is 2. The number of nitrogens with zero attached hydrogens (tertiary/aromatic N) is 2. The van der Waals surface area contributed by atoms with Crippen LogP contribution in [0.15, 0.2) is 90.1 Å². The van der Waals surface area contributed by atoms with Gasteiger partial charge < -0.3 is 5.48 Å². The molecule has 1 saturated heterocycles. The third kappa shape index (κ3) is 3.99. The Hall–Kier alpha value is -2.46. The second kappa shape index (κ2) is 8.91. The highest BCUT2D eigenvalue weighted by molar-refractivity contribution is 5.86. The van der Waals surface area contributed by atoms with Gasteiger partial charge in [-0.05, 0) is 40.7 Å². The Morgan fingerprint density at radius 1 is 0.828 bits per heavy atom. The standard InChI is InChI=1S/C26H28N2.H2O/c1-2-5-11-21(10-4-1)20-27-16-18-28(19-17-27)26-24-14-7-3-6-12-22(24)23-13-8-9-15-25(23)26;/h1,4-15,26H,2-3,16-20H2;1H2. The van der Waals surface area contributed by atoms with E-state index in [1.807, 2.05) is 0 Å². The van der Waals surface area contributed by atoms with Crippen molar-refractivity contribution in [3.63, 3.8) is 0 Å². The SMILES string of the molecule is C1=CCC=CC(CN2CCN(C3C4=C(C=CCC=C4)c4ccccc43)CC2)=C1.O. The lowest BCUT2D eigenvalue weighted by atomic mass is 10.0. The average molecular weight is 387 g/mol. The molecule has 0 saturated carbocycles. The third-order valence-electron chi connectivity index (χ3n) is 6.23. The predicted octanol–water partition coefficient (Wildman–Crippen LogP) is 4.25. The lowest BCUT2D eigenvalue weighted by Crippen LogP contribution is -2.48. The second-order valence-corrected chi connectivity index (χ2v) is 8.02. The molecule has 29 heavy (non-hydrogen) atoms. The van der Waals surface area contributed by atoms with Crippen LogP contribution in [0.4, 0.5) is 0 Å². The fourth-order valence-electron chi connectivity index (χ4n) is 4.84. The summed E-state index contributed by atoms with van der Waals surface area (Å²) in [6.07, 6.45) is 22.6. The van der Waals surface area contributed by atoms with Crippen molar-refractivity contribution < 1.29 is 5.48 Å². The van der Waals surface area contributed by atoms with Crippen LogP contribution in [0.1, 0.15) is 30.0 Å². The largest absolute Gasteiger partial charge is 0.412 e. The summed E-state index contributed by atoms with van der Waals surface area (Å²) in [7, 11) is 0. The van der Waals surface area contributed by atoms with Crippen LogP contribution in [0, 0.1) is 0 Å². The summed E-state index contributed by atoms with van der Waals surface area (Å²) < 4.78 is 0. The molecule has 1 fully saturated rings. The molecule has 0 aromatic heterocycles. The van der Waals surface area contributed by atoms with Gasteiger partial charge in [0.05, 0.1) is 6.04 Å². The molecule has 150 valence electrons. The lowest BCUT2D eigenvalue weighted by molar-refractivity contribution is 0.117. The van der Waals surface area contributed by atoms with E-state index in [0.717, 1.165) is 45.6 Å². The minimum atomic E-state index is 0. The molecule has 2 N–H and O–H groups in total. The van der Waals surface area contributed by atoms with Crippen molar-refractivity contribution >= 4 is 5.57 Å². The van der Waals surface area contributed by atoms with Crippen LogP contribution in [-0.4, -0.2) is 48.0 Å². The highest BCUT2D eigenvalue weighted by Crippen LogP contribution is 2.45. The van der Waals surface area contributed by atoms with E-state index in [1.165, 1.54) is 27.8 Å². The van der Waals surface area contributed by atoms with Gasteiger partial charge >= 0.3 is 0 Å². The summed E-state index contributed by atoms with van der Waals surface area (Å²) in [5.41, 5.74) is 7.25. The summed E-state index contributed by atoms with van der Waals surface area (Å²) >= 11 is 0. The minimum Gasteiger partial charge on any atom is -0.412 e. The maximum atomic E-state index is 2.69. The number of hydrogen-bond donors (Lipinski definition) is 0. The van der Waals surface area contributed by atoms with Gasteiger partial charge in [0, 0.05) is 32.7 Å². The summed E-state index contributed by atoms with van der Waals surface area (Å²) in [5.74, 6) is 0. The summed E-state index contributed by atoms with van der Waals surface area (Å²) in [6.45, 7) is 5.58. The van der Waals surface area contributed by atoms with Crippen LogP contribution in [0.3, 0.4) is 0 Å². The topological polar surface area (TPSA) is 38.0 Å². The molecule has 1 aliphatic heterocycles. The Labute approximate surface area is 174 Å². The molecule has 3 heteroatoms. The molecule has 3 nitrogen and oxygen atoms in total. The van der Waals surface area contributed by atoms with Crippen molar-refractivity contribution in [2.75, 3.05) is 32.7 Å².